The Morgan fingerprint density at radius 2 is 2.11 bits per heavy atom. The maximum Gasteiger partial charge on any atom is 0.407 e. The van der Waals surface area contributed by atoms with Gasteiger partial charge in [-0.3, -0.25) is 4.90 Å². The quantitative estimate of drug-likeness (QED) is 0.801. The van der Waals surface area contributed by atoms with Gasteiger partial charge < -0.3 is 10.8 Å². The molecule has 1 amide bonds. The highest BCUT2D eigenvalue weighted by Gasteiger charge is 2.21. The number of amides is 1. The highest BCUT2D eigenvalue weighted by Crippen LogP contribution is 2.12. The van der Waals surface area contributed by atoms with E-state index in [-0.39, 0.29) is 12.6 Å². The number of carboxylic acid groups (broad SMARTS) is 1. The molecule has 0 bridgehead atoms. The number of rotatable bonds is 6. The van der Waals surface area contributed by atoms with Gasteiger partial charge in [0.2, 0.25) is 0 Å². The lowest BCUT2D eigenvalue weighted by atomic mass is 10.1. The van der Waals surface area contributed by atoms with Crippen molar-refractivity contribution in [1.29, 1.82) is 5.26 Å². The molecule has 0 aromatic heterocycles. The van der Waals surface area contributed by atoms with E-state index in [4.69, 9.17) is 11.0 Å². The van der Waals surface area contributed by atoms with Crippen molar-refractivity contribution in [2.75, 3.05) is 6.54 Å². The Hall–Kier alpha value is -2.06. The van der Waals surface area contributed by atoms with Gasteiger partial charge in [0, 0.05) is 25.6 Å². The minimum atomic E-state index is -1.01. The second-order valence-electron chi connectivity index (χ2n) is 3.98. The smallest absolute Gasteiger partial charge is 0.407 e. The van der Waals surface area contributed by atoms with Crippen LogP contribution in [0.4, 0.5) is 4.79 Å². The maximum atomic E-state index is 11.3. The van der Waals surface area contributed by atoms with Crippen LogP contribution in [0.5, 0.6) is 0 Å². The van der Waals surface area contributed by atoms with Gasteiger partial charge in [0.25, 0.3) is 0 Å². The summed E-state index contributed by atoms with van der Waals surface area (Å²) in [7, 11) is 0. The Morgan fingerprint density at radius 1 is 1.44 bits per heavy atom. The van der Waals surface area contributed by atoms with Gasteiger partial charge in [0.15, 0.2) is 0 Å². The van der Waals surface area contributed by atoms with Crippen LogP contribution in [-0.2, 0) is 6.54 Å². The number of hydrogen-bond acceptors (Lipinski definition) is 3. The Kier molecular flexibility index (Phi) is 5.68. The summed E-state index contributed by atoms with van der Waals surface area (Å²) in [4.78, 5) is 12.6. The molecular formula is C13H17N3O2. The fraction of sp³-hybridized carbons (Fsp3) is 0.385. The Balaban J connectivity index is 2.75. The highest BCUT2D eigenvalue weighted by molar-refractivity contribution is 5.65. The SMILES string of the molecule is N#CCCC(CN)N(Cc1ccccc1)C(=O)O. The van der Waals surface area contributed by atoms with Crippen molar-refractivity contribution in [3.8, 4) is 6.07 Å². The number of nitriles is 1. The van der Waals surface area contributed by atoms with Gasteiger partial charge in [0.05, 0.1) is 6.07 Å². The number of nitrogens with zero attached hydrogens (tertiary/aromatic N) is 2. The monoisotopic (exact) mass is 247 g/mol. The molecule has 1 aromatic carbocycles. The molecule has 0 aliphatic heterocycles. The predicted molar refractivity (Wildman–Crippen MR) is 67.7 cm³/mol. The summed E-state index contributed by atoms with van der Waals surface area (Å²) < 4.78 is 0. The molecule has 0 aliphatic rings. The van der Waals surface area contributed by atoms with E-state index in [0.29, 0.717) is 19.4 Å². The molecule has 3 N–H and O–H groups in total. The number of hydrogen-bond donors (Lipinski definition) is 2. The lowest BCUT2D eigenvalue weighted by Gasteiger charge is -2.28. The van der Waals surface area contributed by atoms with Gasteiger partial charge in [-0.1, -0.05) is 30.3 Å². The van der Waals surface area contributed by atoms with Crippen LogP contribution in [0.1, 0.15) is 18.4 Å². The first-order valence-corrected chi connectivity index (χ1v) is 5.79. The van der Waals surface area contributed by atoms with Crippen LogP contribution >= 0.6 is 0 Å². The lowest BCUT2D eigenvalue weighted by molar-refractivity contribution is 0.119. The van der Waals surface area contributed by atoms with Crippen molar-refractivity contribution >= 4 is 6.09 Å². The first kappa shape index (κ1) is 14.0. The van der Waals surface area contributed by atoms with Gasteiger partial charge >= 0.3 is 6.09 Å². The first-order chi connectivity index (χ1) is 8.69. The average molecular weight is 247 g/mol. The zero-order valence-electron chi connectivity index (χ0n) is 10.1. The van der Waals surface area contributed by atoms with E-state index >= 15 is 0 Å². The molecule has 0 radical (unpaired) electrons. The minimum absolute atomic E-state index is 0.223. The molecule has 1 aromatic rings. The van der Waals surface area contributed by atoms with Crippen molar-refractivity contribution in [3.63, 3.8) is 0 Å². The summed E-state index contributed by atoms with van der Waals surface area (Å²) in [5, 5.41) is 17.8. The lowest BCUT2D eigenvalue weighted by Crippen LogP contribution is -2.43. The molecule has 0 heterocycles. The minimum Gasteiger partial charge on any atom is -0.465 e. The van der Waals surface area contributed by atoms with E-state index in [9.17, 15) is 9.90 Å². The molecule has 1 atom stereocenters. The van der Waals surface area contributed by atoms with E-state index in [1.807, 2.05) is 36.4 Å². The van der Waals surface area contributed by atoms with E-state index < -0.39 is 6.09 Å². The summed E-state index contributed by atoms with van der Waals surface area (Å²) in [6, 6.07) is 11.0. The molecule has 0 fully saturated rings. The summed E-state index contributed by atoms with van der Waals surface area (Å²) in [6.45, 7) is 0.518. The van der Waals surface area contributed by atoms with E-state index in [0.717, 1.165) is 5.56 Å². The Labute approximate surface area is 106 Å². The zero-order chi connectivity index (χ0) is 13.4. The van der Waals surface area contributed by atoms with Gasteiger partial charge in [-0.05, 0) is 12.0 Å². The number of carbonyl (C=O) groups is 1. The third-order valence-corrected chi connectivity index (χ3v) is 2.74. The van der Waals surface area contributed by atoms with Crippen LogP contribution in [0.3, 0.4) is 0 Å². The van der Waals surface area contributed by atoms with E-state index in [1.54, 1.807) is 0 Å². The molecular weight excluding hydrogens is 230 g/mol. The van der Waals surface area contributed by atoms with Gasteiger partial charge in [-0.2, -0.15) is 5.26 Å². The molecule has 0 aliphatic carbocycles. The van der Waals surface area contributed by atoms with E-state index in [2.05, 4.69) is 0 Å². The standard InChI is InChI=1S/C13H17N3O2/c14-8-4-7-12(9-15)16(13(17)18)10-11-5-2-1-3-6-11/h1-3,5-6,12H,4,7,9-10,15H2,(H,17,18). The zero-order valence-corrected chi connectivity index (χ0v) is 10.1. The summed E-state index contributed by atoms with van der Waals surface area (Å²) in [5.41, 5.74) is 6.50. The normalized spacial score (nSPS) is 11.6. The largest absolute Gasteiger partial charge is 0.465 e. The number of nitrogens with two attached hydrogens (primary N) is 1. The molecule has 0 spiro atoms. The molecule has 5 nitrogen and oxygen atoms in total. The van der Waals surface area contributed by atoms with Crippen LogP contribution < -0.4 is 5.73 Å². The van der Waals surface area contributed by atoms with Gasteiger partial charge in [-0.25, -0.2) is 4.79 Å². The predicted octanol–water partition coefficient (Wildman–Crippen LogP) is 1.80. The van der Waals surface area contributed by atoms with E-state index in [1.165, 1.54) is 4.90 Å². The van der Waals surface area contributed by atoms with Crippen LogP contribution in [-0.4, -0.2) is 28.7 Å². The molecule has 18 heavy (non-hydrogen) atoms. The summed E-state index contributed by atoms with van der Waals surface area (Å²) >= 11 is 0. The van der Waals surface area contributed by atoms with Gasteiger partial charge in [-0.15, -0.1) is 0 Å². The fourth-order valence-corrected chi connectivity index (χ4v) is 1.77. The topological polar surface area (TPSA) is 90.4 Å². The summed E-state index contributed by atoms with van der Waals surface area (Å²) in [5.74, 6) is 0. The van der Waals surface area contributed by atoms with Crippen molar-refractivity contribution in [3.05, 3.63) is 35.9 Å². The van der Waals surface area contributed by atoms with Crippen LogP contribution in [0.2, 0.25) is 0 Å². The van der Waals surface area contributed by atoms with Crippen LogP contribution in [0, 0.1) is 11.3 Å². The highest BCUT2D eigenvalue weighted by atomic mass is 16.4. The molecule has 1 rings (SSSR count). The van der Waals surface area contributed by atoms with Crippen molar-refractivity contribution in [2.24, 2.45) is 5.73 Å². The van der Waals surface area contributed by atoms with Crippen molar-refractivity contribution in [2.45, 2.75) is 25.4 Å². The molecule has 0 saturated heterocycles. The van der Waals surface area contributed by atoms with Crippen molar-refractivity contribution in [1.82, 2.24) is 4.90 Å². The van der Waals surface area contributed by atoms with Gasteiger partial charge in [0.1, 0.15) is 0 Å². The van der Waals surface area contributed by atoms with Crippen LogP contribution in [0.15, 0.2) is 30.3 Å². The third-order valence-electron chi connectivity index (χ3n) is 2.74. The second kappa shape index (κ2) is 7.30. The Morgan fingerprint density at radius 3 is 2.61 bits per heavy atom. The molecule has 5 heteroatoms. The third kappa shape index (κ3) is 4.07. The Bertz CT molecular complexity index is 414. The van der Waals surface area contributed by atoms with Crippen LogP contribution in [0.25, 0.3) is 0 Å². The average Bonchev–Trinajstić information content (AvgIpc) is 2.39. The van der Waals surface area contributed by atoms with Crippen molar-refractivity contribution < 1.29 is 9.90 Å². The fourth-order valence-electron chi connectivity index (χ4n) is 1.77. The molecule has 1 unspecified atom stereocenters. The summed E-state index contributed by atoms with van der Waals surface area (Å²) in [6.07, 6.45) is -0.237. The molecule has 96 valence electrons. The second-order valence-corrected chi connectivity index (χ2v) is 3.98. The number of benzene rings is 1. The molecule has 0 saturated carbocycles. The maximum absolute atomic E-state index is 11.3. The first-order valence-electron chi connectivity index (χ1n) is 5.79.